The van der Waals surface area contributed by atoms with Gasteiger partial charge in [-0.1, -0.05) is 35.9 Å². The van der Waals surface area contributed by atoms with Gasteiger partial charge in [-0.25, -0.2) is 0 Å². The Labute approximate surface area is 195 Å². The molecule has 0 unspecified atom stereocenters. The van der Waals surface area contributed by atoms with Crippen LogP contribution in [0.25, 0.3) is 0 Å². The van der Waals surface area contributed by atoms with Gasteiger partial charge in [-0.3, -0.25) is 0 Å². The van der Waals surface area contributed by atoms with Gasteiger partial charge in [-0.05, 0) is 57.4 Å². The molecule has 176 valence electrons. The van der Waals surface area contributed by atoms with Crippen molar-refractivity contribution in [3.63, 3.8) is 0 Å². The number of halogens is 1. The molecule has 7 heteroatoms. The summed E-state index contributed by atoms with van der Waals surface area (Å²) in [6.45, 7) is 1.82. The zero-order valence-corrected chi connectivity index (χ0v) is 20.1. The lowest BCUT2D eigenvalue weighted by molar-refractivity contribution is 0.0868. The molecule has 1 aromatic rings. The van der Waals surface area contributed by atoms with Gasteiger partial charge in [0, 0.05) is 29.2 Å². The normalized spacial score (nSPS) is 26.3. The standard InChI is InChI=1S/C24H37ClO5S/c1-16-22(25)13-19(31-16)11-9-18(30-2)10-12-21-20(23(28)14-24(21)29)8-6-4-3-5-7-17(27)15-26/h4,6,10,12-13,17-18,20-21,23-24,26-29H,3,5,7-9,11,14-15H2,1-2H3/b6-4-,12-10+/t17-,18+,20-,21-,23+,24-/m1/s1. The van der Waals surface area contributed by atoms with E-state index in [4.69, 9.17) is 21.4 Å². The third-order valence-electron chi connectivity index (χ3n) is 6.04. The summed E-state index contributed by atoms with van der Waals surface area (Å²) in [5.41, 5.74) is 0. The van der Waals surface area contributed by atoms with E-state index in [2.05, 4.69) is 6.08 Å². The third kappa shape index (κ3) is 8.61. The summed E-state index contributed by atoms with van der Waals surface area (Å²) in [7, 11) is 1.69. The number of thiophene rings is 1. The molecule has 2 rings (SSSR count). The molecule has 0 bridgehead atoms. The Morgan fingerprint density at radius 3 is 2.68 bits per heavy atom. The molecule has 4 N–H and O–H groups in total. The molecule has 1 aromatic heterocycles. The largest absolute Gasteiger partial charge is 0.394 e. The van der Waals surface area contributed by atoms with Crippen LogP contribution in [0.1, 0.15) is 48.3 Å². The molecule has 0 radical (unpaired) electrons. The number of allylic oxidation sites excluding steroid dienone is 2. The van der Waals surface area contributed by atoms with Crippen molar-refractivity contribution < 1.29 is 25.2 Å². The predicted octanol–water partition coefficient (Wildman–Crippen LogP) is 4.04. The van der Waals surface area contributed by atoms with Gasteiger partial charge in [0.15, 0.2) is 0 Å². The van der Waals surface area contributed by atoms with Crippen LogP contribution in [0.4, 0.5) is 0 Å². The molecular weight excluding hydrogens is 436 g/mol. The van der Waals surface area contributed by atoms with Crippen molar-refractivity contribution in [3.05, 3.63) is 45.1 Å². The molecule has 0 amide bonds. The average Bonchev–Trinajstić information content (AvgIpc) is 3.21. The second-order valence-corrected chi connectivity index (χ2v) is 10.1. The number of aliphatic hydroxyl groups excluding tert-OH is 4. The zero-order valence-electron chi connectivity index (χ0n) is 18.5. The summed E-state index contributed by atoms with van der Waals surface area (Å²) in [6, 6.07) is 2.02. The van der Waals surface area contributed by atoms with E-state index < -0.39 is 18.3 Å². The molecule has 0 saturated heterocycles. The number of rotatable bonds is 13. The first kappa shape index (κ1) is 26.5. The maximum Gasteiger partial charge on any atom is 0.0771 e. The molecule has 1 aliphatic carbocycles. The second-order valence-electron chi connectivity index (χ2n) is 8.40. The van der Waals surface area contributed by atoms with Gasteiger partial charge in [-0.2, -0.15) is 0 Å². The lowest BCUT2D eigenvalue weighted by Crippen LogP contribution is -2.20. The first-order valence-electron chi connectivity index (χ1n) is 11.1. The Morgan fingerprint density at radius 2 is 2.03 bits per heavy atom. The molecule has 1 heterocycles. The number of aliphatic hydroxyl groups is 4. The van der Waals surface area contributed by atoms with Crippen LogP contribution >= 0.6 is 22.9 Å². The Morgan fingerprint density at radius 1 is 1.26 bits per heavy atom. The highest BCUT2D eigenvalue weighted by atomic mass is 35.5. The van der Waals surface area contributed by atoms with E-state index in [1.807, 2.05) is 31.2 Å². The third-order valence-corrected chi connectivity index (χ3v) is 7.66. The highest BCUT2D eigenvalue weighted by Gasteiger charge is 2.39. The second kappa shape index (κ2) is 13.7. The summed E-state index contributed by atoms with van der Waals surface area (Å²) in [4.78, 5) is 2.37. The average molecular weight is 473 g/mol. The highest BCUT2D eigenvalue weighted by Crippen LogP contribution is 2.36. The first-order chi connectivity index (χ1) is 14.8. The van der Waals surface area contributed by atoms with Gasteiger partial charge in [0.1, 0.15) is 0 Å². The summed E-state index contributed by atoms with van der Waals surface area (Å²) in [6.07, 6.45) is 11.3. The van der Waals surface area contributed by atoms with Crippen molar-refractivity contribution in [1.29, 1.82) is 0 Å². The minimum atomic E-state index is -0.649. The number of ether oxygens (including phenoxy) is 1. The van der Waals surface area contributed by atoms with Crippen LogP contribution in [-0.2, 0) is 11.2 Å². The zero-order chi connectivity index (χ0) is 22.8. The van der Waals surface area contributed by atoms with Gasteiger partial charge >= 0.3 is 0 Å². The van der Waals surface area contributed by atoms with E-state index in [1.165, 1.54) is 4.88 Å². The molecule has 1 aliphatic rings. The van der Waals surface area contributed by atoms with E-state index in [0.717, 1.165) is 35.6 Å². The van der Waals surface area contributed by atoms with E-state index in [-0.39, 0.29) is 24.5 Å². The summed E-state index contributed by atoms with van der Waals surface area (Å²) >= 11 is 7.86. The van der Waals surface area contributed by atoms with Crippen LogP contribution in [0.5, 0.6) is 0 Å². The fourth-order valence-corrected chi connectivity index (χ4v) is 5.37. The molecule has 0 spiro atoms. The number of hydrogen-bond donors (Lipinski definition) is 4. The van der Waals surface area contributed by atoms with E-state index >= 15 is 0 Å². The van der Waals surface area contributed by atoms with Crippen LogP contribution in [0, 0.1) is 18.8 Å². The van der Waals surface area contributed by atoms with Gasteiger partial charge in [0.25, 0.3) is 0 Å². The van der Waals surface area contributed by atoms with Crippen molar-refractivity contribution in [2.75, 3.05) is 13.7 Å². The summed E-state index contributed by atoms with van der Waals surface area (Å²) < 4.78 is 5.61. The number of hydrogen-bond acceptors (Lipinski definition) is 6. The van der Waals surface area contributed by atoms with Crippen molar-refractivity contribution in [1.82, 2.24) is 0 Å². The fraction of sp³-hybridized carbons (Fsp3) is 0.667. The lowest BCUT2D eigenvalue weighted by Gasteiger charge is -2.20. The number of methoxy groups -OCH3 is 1. The molecule has 5 nitrogen and oxygen atoms in total. The molecule has 1 saturated carbocycles. The van der Waals surface area contributed by atoms with Crippen LogP contribution < -0.4 is 0 Å². The molecule has 6 atom stereocenters. The van der Waals surface area contributed by atoms with Gasteiger partial charge in [-0.15, -0.1) is 11.3 Å². The van der Waals surface area contributed by atoms with Crippen LogP contribution in [0.3, 0.4) is 0 Å². The minimum Gasteiger partial charge on any atom is -0.394 e. The SMILES string of the molecule is CO[C@H](/C=C/[C@@H]1[C@@H](C/C=C\CCC[C@@H](O)CO)[C@@H](O)C[C@H]1O)CCc1cc(Cl)c(C)s1. The fourth-order valence-electron chi connectivity index (χ4n) is 4.11. The lowest BCUT2D eigenvalue weighted by atomic mass is 9.89. The predicted molar refractivity (Wildman–Crippen MR) is 127 cm³/mol. The molecule has 31 heavy (non-hydrogen) atoms. The van der Waals surface area contributed by atoms with Crippen molar-refractivity contribution in [2.45, 2.75) is 76.3 Å². The smallest absolute Gasteiger partial charge is 0.0771 e. The van der Waals surface area contributed by atoms with E-state index in [1.54, 1.807) is 18.4 Å². The Hall–Kier alpha value is -0.730. The van der Waals surface area contributed by atoms with E-state index in [9.17, 15) is 15.3 Å². The van der Waals surface area contributed by atoms with Crippen LogP contribution in [0.2, 0.25) is 5.02 Å². The molecule has 0 aromatic carbocycles. The van der Waals surface area contributed by atoms with E-state index in [0.29, 0.717) is 19.3 Å². The van der Waals surface area contributed by atoms with Crippen molar-refractivity contribution in [3.8, 4) is 0 Å². The minimum absolute atomic E-state index is 0.0261. The summed E-state index contributed by atoms with van der Waals surface area (Å²) in [5.74, 6) is -0.131. The van der Waals surface area contributed by atoms with Crippen molar-refractivity contribution >= 4 is 22.9 Å². The Kier molecular flexibility index (Phi) is 11.8. The Balaban J connectivity index is 1.86. The van der Waals surface area contributed by atoms with Gasteiger partial charge in [0.05, 0.1) is 36.0 Å². The number of aryl methyl sites for hydroxylation is 2. The van der Waals surface area contributed by atoms with Crippen LogP contribution in [-0.4, -0.2) is 58.6 Å². The highest BCUT2D eigenvalue weighted by molar-refractivity contribution is 7.12. The first-order valence-corrected chi connectivity index (χ1v) is 12.3. The maximum absolute atomic E-state index is 10.4. The van der Waals surface area contributed by atoms with Gasteiger partial charge in [0.2, 0.25) is 0 Å². The molecular formula is C24H37ClO5S. The number of unbranched alkanes of at least 4 members (excludes halogenated alkanes) is 1. The summed E-state index contributed by atoms with van der Waals surface area (Å²) in [5, 5.41) is 39.9. The molecule has 1 fully saturated rings. The van der Waals surface area contributed by atoms with Crippen LogP contribution in [0.15, 0.2) is 30.4 Å². The monoisotopic (exact) mass is 472 g/mol. The quantitative estimate of drug-likeness (QED) is 0.257. The van der Waals surface area contributed by atoms with Crippen molar-refractivity contribution in [2.24, 2.45) is 11.8 Å². The van der Waals surface area contributed by atoms with Gasteiger partial charge < -0.3 is 25.2 Å². The maximum atomic E-state index is 10.4. The Bertz CT molecular complexity index is 685. The topological polar surface area (TPSA) is 90.2 Å². The molecule has 0 aliphatic heterocycles.